The zero-order chi connectivity index (χ0) is 23.9. The molecule has 0 heterocycles. The average molecular weight is 445 g/mol. The predicted octanol–water partition coefficient (Wildman–Crippen LogP) is 10.4. The molecular formula is C30H57Al. The van der Waals surface area contributed by atoms with E-state index in [9.17, 15) is 0 Å². The van der Waals surface area contributed by atoms with Crippen molar-refractivity contribution in [2.75, 3.05) is 0 Å². The Morgan fingerprint density at radius 3 is 0.839 bits per heavy atom. The van der Waals surface area contributed by atoms with Gasteiger partial charge in [0.15, 0.2) is 0 Å². The zero-order valence-electron chi connectivity index (χ0n) is 23.0. The summed E-state index contributed by atoms with van der Waals surface area (Å²) in [5.74, 6) is 2.36. The molecule has 0 N–H and O–H groups in total. The molecule has 0 spiro atoms. The van der Waals surface area contributed by atoms with Crippen molar-refractivity contribution in [1.82, 2.24) is 0 Å². The Morgan fingerprint density at radius 2 is 0.710 bits per heavy atom. The van der Waals surface area contributed by atoms with Gasteiger partial charge in [0.25, 0.3) is 0 Å². The fourth-order valence-corrected chi connectivity index (χ4v) is 2.40. The molecule has 1 heteroatoms. The smallest absolute Gasteiger partial charge is 0.343 e. The molecule has 0 fully saturated rings. The van der Waals surface area contributed by atoms with Gasteiger partial charge < -0.3 is 20.8 Å². The van der Waals surface area contributed by atoms with Crippen LogP contribution < -0.4 is 0 Å². The standard InChI is InChI=1S/3C10H19.Al/c3*1-5-10(4)8-6-7-9(2)3;/h3*7,10H,1,5-6,8H2,2-4H3;/q3*-1;+3. The molecule has 3 atom stereocenters. The molecule has 0 aromatic heterocycles. The summed E-state index contributed by atoms with van der Waals surface area (Å²) < 4.78 is 0. The van der Waals surface area contributed by atoms with Gasteiger partial charge in [-0.2, -0.15) is 19.3 Å². The summed E-state index contributed by atoms with van der Waals surface area (Å²) in [5.41, 5.74) is 4.28. The number of allylic oxidation sites excluding steroid dienone is 6. The Labute approximate surface area is 210 Å². The summed E-state index contributed by atoms with van der Waals surface area (Å²) >= 11 is 0. The van der Waals surface area contributed by atoms with Crippen LogP contribution in [0.1, 0.15) is 120 Å². The van der Waals surface area contributed by atoms with Crippen LogP contribution >= 0.6 is 0 Å². The molecule has 3 unspecified atom stereocenters. The van der Waals surface area contributed by atoms with Crippen LogP contribution in [0.3, 0.4) is 0 Å². The van der Waals surface area contributed by atoms with Gasteiger partial charge in [0, 0.05) is 0 Å². The molecule has 180 valence electrons. The molecule has 0 rings (SSSR count). The molecule has 0 aromatic rings. The Balaban J connectivity index is -0.000000174. The SMILES string of the molecule is [Al+3].[CH2-]CC(C)CCC=C(C)C.[CH2-]CC(C)CCC=C(C)C.[CH2-]CC(C)CCC=C(C)C. The molecule has 0 saturated carbocycles. The number of rotatable bonds is 12. The molecule has 0 aliphatic heterocycles. The van der Waals surface area contributed by atoms with Crippen LogP contribution in [0, 0.1) is 38.5 Å². The Hall–Kier alpha value is -0.248. The molecule has 0 radical (unpaired) electrons. The van der Waals surface area contributed by atoms with Gasteiger partial charge in [0.1, 0.15) is 0 Å². The molecule has 0 amide bonds. The quantitative estimate of drug-likeness (QED) is 0.159. The molecule has 0 saturated heterocycles. The zero-order valence-corrected chi connectivity index (χ0v) is 24.2. The van der Waals surface area contributed by atoms with Gasteiger partial charge in [-0.1, -0.05) is 73.5 Å². The van der Waals surface area contributed by atoms with E-state index in [1.165, 1.54) is 55.2 Å². The van der Waals surface area contributed by atoms with Gasteiger partial charge in [-0.15, -0.1) is 0 Å². The maximum Gasteiger partial charge on any atom is 3.00 e. The van der Waals surface area contributed by atoms with E-state index in [4.69, 9.17) is 0 Å². The van der Waals surface area contributed by atoms with E-state index >= 15 is 0 Å². The van der Waals surface area contributed by atoms with Crippen molar-refractivity contribution in [3.05, 3.63) is 55.7 Å². The first-order valence-corrected chi connectivity index (χ1v) is 12.3. The van der Waals surface area contributed by atoms with E-state index < -0.39 is 0 Å². The van der Waals surface area contributed by atoms with Gasteiger partial charge in [-0.3, -0.25) is 0 Å². The predicted molar refractivity (Wildman–Crippen MR) is 149 cm³/mol. The van der Waals surface area contributed by atoms with Crippen molar-refractivity contribution in [1.29, 1.82) is 0 Å². The Bertz CT molecular complexity index is 363. The Kier molecular flexibility index (Phi) is 34.1. The van der Waals surface area contributed by atoms with E-state index in [2.05, 4.69) is 101 Å². The van der Waals surface area contributed by atoms with E-state index in [0.29, 0.717) is 0 Å². The van der Waals surface area contributed by atoms with Crippen molar-refractivity contribution in [2.24, 2.45) is 17.8 Å². The second-order valence-corrected chi connectivity index (χ2v) is 9.76. The van der Waals surface area contributed by atoms with Crippen LogP contribution in [0.2, 0.25) is 0 Å². The van der Waals surface area contributed by atoms with E-state index in [1.807, 2.05) is 0 Å². The second kappa shape index (κ2) is 27.8. The minimum atomic E-state index is 0. The molecule has 0 aliphatic rings. The Morgan fingerprint density at radius 1 is 0.516 bits per heavy atom. The minimum Gasteiger partial charge on any atom is -0.343 e. The summed E-state index contributed by atoms with van der Waals surface area (Å²) in [7, 11) is 0. The summed E-state index contributed by atoms with van der Waals surface area (Å²) in [4.78, 5) is 0. The maximum atomic E-state index is 3.86. The molecule has 0 nitrogen and oxygen atoms in total. The molecule has 0 aromatic carbocycles. The van der Waals surface area contributed by atoms with Crippen LogP contribution in [-0.4, -0.2) is 17.4 Å². The summed E-state index contributed by atoms with van der Waals surface area (Å²) in [6, 6.07) is 0. The molecule has 0 aliphatic carbocycles. The molecule has 31 heavy (non-hydrogen) atoms. The normalized spacial score (nSPS) is 12.4. The van der Waals surface area contributed by atoms with Gasteiger partial charge in [0.2, 0.25) is 0 Å². The van der Waals surface area contributed by atoms with Crippen molar-refractivity contribution < 1.29 is 0 Å². The topological polar surface area (TPSA) is 0 Å². The van der Waals surface area contributed by atoms with Crippen molar-refractivity contribution in [3.63, 3.8) is 0 Å². The van der Waals surface area contributed by atoms with Crippen LogP contribution in [0.25, 0.3) is 0 Å². The third kappa shape index (κ3) is 40.6. The monoisotopic (exact) mass is 444 g/mol. The summed E-state index contributed by atoms with van der Waals surface area (Å²) in [6.45, 7) is 31.2. The fraction of sp³-hybridized carbons (Fsp3) is 0.700. The second-order valence-electron chi connectivity index (χ2n) is 9.76. The fourth-order valence-electron chi connectivity index (χ4n) is 2.40. The average Bonchev–Trinajstić information content (AvgIpc) is 2.67. The van der Waals surface area contributed by atoms with Crippen LogP contribution in [-0.2, 0) is 0 Å². The van der Waals surface area contributed by atoms with E-state index in [1.54, 1.807) is 0 Å². The number of hydrogen-bond donors (Lipinski definition) is 0. The van der Waals surface area contributed by atoms with Gasteiger partial charge in [-0.25, -0.2) is 0 Å². The third-order valence-electron chi connectivity index (χ3n) is 5.11. The van der Waals surface area contributed by atoms with Crippen molar-refractivity contribution >= 4 is 17.4 Å². The van der Waals surface area contributed by atoms with Gasteiger partial charge in [0.05, 0.1) is 0 Å². The van der Waals surface area contributed by atoms with Crippen LogP contribution in [0.4, 0.5) is 0 Å². The van der Waals surface area contributed by atoms with Crippen molar-refractivity contribution in [3.8, 4) is 0 Å². The van der Waals surface area contributed by atoms with Gasteiger partial charge in [-0.05, 0) is 80.1 Å². The van der Waals surface area contributed by atoms with Crippen LogP contribution in [0.5, 0.6) is 0 Å². The third-order valence-corrected chi connectivity index (χ3v) is 5.11. The first-order valence-electron chi connectivity index (χ1n) is 12.3. The largest absolute Gasteiger partial charge is 3.00 e. The number of hydrogen-bond acceptors (Lipinski definition) is 0. The molecule has 0 bridgehead atoms. The first-order chi connectivity index (χ1) is 14.0. The van der Waals surface area contributed by atoms with Crippen molar-refractivity contribution in [2.45, 2.75) is 120 Å². The molecular weight excluding hydrogens is 387 g/mol. The van der Waals surface area contributed by atoms with Gasteiger partial charge >= 0.3 is 17.4 Å². The van der Waals surface area contributed by atoms with Crippen LogP contribution in [0.15, 0.2) is 34.9 Å². The van der Waals surface area contributed by atoms with E-state index in [0.717, 1.165) is 37.0 Å². The maximum absolute atomic E-state index is 3.86. The minimum absolute atomic E-state index is 0. The summed E-state index contributed by atoms with van der Waals surface area (Å²) in [6.07, 6.45) is 17.6. The first kappa shape index (κ1) is 38.0. The van der Waals surface area contributed by atoms with E-state index in [-0.39, 0.29) is 17.4 Å². The summed E-state index contributed by atoms with van der Waals surface area (Å²) in [5, 5.41) is 0.